The van der Waals surface area contributed by atoms with Gasteiger partial charge in [-0.15, -0.1) is 0 Å². The second-order valence-electron chi connectivity index (χ2n) is 6.99. The fourth-order valence-electron chi connectivity index (χ4n) is 3.79. The third-order valence-electron chi connectivity index (χ3n) is 5.14. The molecule has 4 rings (SSSR count). The highest BCUT2D eigenvalue weighted by molar-refractivity contribution is 5.49. The van der Waals surface area contributed by atoms with Crippen LogP contribution in [0.15, 0.2) is 30.6 Å². The van der Waals surface area contributed by atoms with Crippen molar-refractivity contribution in [2.24, 2.45) is 0 Å². The van der Waals surface area contributed by atoms with Crippen molar-refractivity contribution >= 4 is 5.82 Å². The second-order valence-corrected chi connectivity index (χ2v) is 6.99. The zero-order chi connectivity index (χ0) is 17.1. The molecule has 5 nitrogen and oxygen atoms in total. The molecule has 5 heteroatoms. The van der Waals surface area contributed by atoms with Gasteiger partial charge in [0.25, 0.3) is 0 Å². The van der Waals surface area contributed by atoms with Crippen LogP contribution in [-0.2, 0) is 12.8 Å². The summed E-state index contributed by atoms with van der Waals surface area (Å²) in [6.07, 6.45) is 6.11. The van der Waals surface area contributed by atoms with E-state index >= 15 is 0 Å². The van der Waals surface area contributed by atoms with Gasteiger partial charge < -0.3 is 15.0 Å². The van der Waals surface area contributed by atoms with Gasteiger partial charge in [0.2, 0.25) is 0 Å². The number of aromatic nitrogens is 2. The molecule has 1 N–H and O–H groups in total. The van der Waals surface area contributed by atoms with E-state index in [1.54, 1.807) is 6.33 Å². The molecule has 0 saturated carbocycles. The van der Waals surface area contributed by atoms with Crippen molar-refractivity contribution in [2.75, 3.05) is 31.1 Å². The number of piperidine rings is 1. The summed E-state index contributed by atoms with van der Waals surface area (Å²) in [7, 11) is 0. The van der Waals surface area contributed by atoms with Gasteiger partial charge in [0.1, 0.15) is 24.0 Å². The molecule has 0 aliphatic carbocycles. The van der Waals surface area contributed by atoms with Gasteiger partial charge in [0, 0.05) is 44.5 Å². The van der Waals surface area contributed by atoms with Crippen LogP contribution in [0.3, 0.4) is 0 Å². The zero-order valence-corrected chi connectivity index (χ0v) is 14.9. The van der Waals surface area contributed by atoms with Crippen LogP contribution >= 0.6 is 0 Å². The first kappa shape index (κ1) is 16.3. The van der Waals surface area contributed by atoms with Gasteiger partial charge in [0.15, 0.2) is 0 Å². The summed E-state index contributed by atoms with van der Waals surface area (Å²) in [6, 6.07) is 8.33. The second kappa shape index (κ2) is 7.40. The summed E-state index contributed by atoms with van der Waals surface area (Å²) >= 11 is 0. The standard InChI is InChI=1S/C20H26N4O/c1-15-3-2-4-17(13-15)25-16-7-11-24(12-8-16)20-18-5-9-21-10-6-19(18)22-14-23-20/h2-4,13-14,16,21H,5-12H2,1H3. The Kier molecular flexibility index (Phi) is 4.83. The third kappa shape index (κ3) is 3.76. The van der Waals surface area contributed by atoms with Crippen molar-refractivity contribution in [2.45, 2.75) is 38.7 Å². The molecule has 1 saturated heterocycles. The molecule has 0 radical (unpaired) electrons. The molecule has 1 aromatic heterocycles. The van der Waals surface area contributed by atoms with E-state index in [1.807, 2.05) is 0 Å². The molecule has 1 fully saturated rings. The van der Waals surface area contributed by atoms with Crippen LogP contribution in [0.5, 0.6) is 5.75 Å². The smallest absolute Gasteiger partial charge is 0.135 e. The van der Waals surface area contributed by atoms with Gasteiger partial charge in [-0.3, -0.25) is 0 Å². The van der Waals surface area contributed by atoms with Crippen LogP contribution in [-0.4, -0.2) is 42.3 Å². The number of hydrogen-bond acceptors (Lipinski definition) is 5. The minimum atomic E-state index is 0.292. The third-order valence-corrected chi connectivity index (χ3v) is 5.14. The molecule has 2 aromatic rings. The van der Waals surface area contributed by atoms with Crippen LogP contribution in [0.25, 0.3) is 0 Å². The minimum absolute atomic E-state index is 0.292. The van der Waals surface area contributed by atoms with Crippen molar-refractivity contribution in [1.82, 2.24) is 15.3 Å². The van der Waals surface area contributed by atoms with Crippen molar-refractivity contribution < 1.29 is 4.74 Å². The van der Waals surface area contributed by atoms with Gasteiger partial charge in [-0.05, 0) is 37.6 Å². The number of rotatable bonds is 3. The zero-order valence-electron chi connectivity index (χ0n) is 14.9. The molecule has 1 aromatic carbocycles. The van der Waals surface area contributed by atoms with E-state index in [2.05, 4.69) is 51.4 Å². The molecular formula is C20H26N4O. The van der Waals surface area contributed by atoms with Gasteiger partial charge >= 0.3 is 0 Å². The van der Waals surface area contributed by atoms with E-state index in [0.717, 1.165) is 63.4 Å². The Hall–Kier alpha value is -2.14. The highest BCUT2D eigenvalue weighted by Crippen LogP contribution is 2.27. The summed E-state index contributed by atoms with van der Waals surface area (Å²) in [4.78, 5) is 11.6. The summed E-state index contributed by atoms with van der Waals surface area (Å²) in [5.41, 5.74) is 3.80. The molecule has 0 amide bonds. The largest absolute Gasteiger partial charge is 0.490 e. The topological polar surface area (TPSA) is 50.3 Å². The van der Waals surface area contributed by atoms with Crippen LogP contribution in [0.4, 0.5) is 5.82 Å². The van der Waals surface area contributed by atoms with Crippen LogP contribution in [0.2, 0.25) is 0 Å². The average Bonchev–Trinajstić information content (AvgIpc) is 2.88. The Balaban J connectivity index is 1.42. The summed E-state index contributed by atoms with van der Waals surface area (Å²) in [6.45, 7) is 6.11. The summed E-state index contributed by atoms with van der Waals surface area (Å²) in [5.74, 6) is 2.13. The lowest BCUT2D eigenvalue weighted by molar-refractivity contribution is 0.170. The number of hydrogen-bond donors (Lipinski definition) is 1. The Labute approximate surface area is 149 Å². The van der Waals surface area contributed by atoms with Crippen molar-refractivity contribution in [3.63, 3.8) is 0 Å². The van der Waals surface area contributed by atoms with Gasteiger partial charge in [0.05, 0.1) is 5.69 Å². The molecule has 0 bridgehead atoms. The van der Waals surface area contributed by atoms with Crippen molar-refractivity contribution in [3.8, 4) is 5.75 Å². The maximum atomic E-state index is 6.18. The van der Waals surface area contributed by atoms with Gasteiger partial charge in [-0.1, -0.05) is 12.1 Å². The first-order valence-electron chi connectivity index (χ1n) is 9.31. The average molecular weight is 338 g/mol. The van der Waals surface area contributed by atoms with E-state index in [4.69, 9.17) is 4.74 Å². The maximum Gasteiger partial charge on any atom is 0.135 e. The summed E-state index contributed by atoms with van der Waals surface area (Å²) in [5, 5.41) is 3.46. The number of nitrogens with one attached hydrogen (secondary N) is 1. The van der Waals surface area contributed by atoms with E-state index in [-0.39, 0.29) is 0 Å². The van der Waals surface area contributed by atoms with E-state index < -0.39 is 0 Å². The number of benzene rings is 1. The fraction of sp³-hybridized carbons (Fsp3) is 0.500. The Morgan fingerprint density at radius 2 is 1.96 bits per heavy atom. The Morgan fingerprint density at radius 1 is 1.12 bits per heavy atom. The van der Waals surface area contributed by atoms with E-state index in [1.165, 1.54) is 16.8 Å². The molecule has 2 aliphatic rings. The van der Waals surface area contributed by atoms with Crippen LogP contribution < -0.4 is 15.0 Å². The van der Waals surface area contributed by atoms with Crippen molar-refractivity contribution in [1.29, 1.82) is 0 Å². The van der Waals surface area contributed by atoms with E-state index in [0.29, 0.717) is 6.10 Å². The maximum absolute atomic E-state index is 6.18. The van der Waals surface area contributed by atoms with Gasteiger partial charge in [-0.25, -0.2) is 9.97 Å². The molecule has 0 unspecified atom stereocenters. The lowest BCUT2D eigenvalue weighted by Gasteiger charge is -2.34. The molecule has 0 atom stereocenters. The number of anilines is 1. The SMILES string of the molecule is Cc1cccc(OC2CCN(c3ncnc4c3CCNCC4)CC2)c1. The molecule has 25 heavy (non-hydrogen) atoms. The predicted molar refractivity (Wildman–Crippen MR) is 99.4 cm³/mol. The number of ether oxygens (including phenoxy) is 1. The Bertz CT molecular complexity index is 725. The number of aryl methyl sites for hydroxylation is 1. The van der Waals surface area contributed by atoms with Crippen LogP contribution in [0.1, 0.15) is 29.7 Å². The first-order valence-corrected chi connectivity index (χ1v) is 9.31. The number of fused-ring (bicyclic) bond motifs is 1. The molecule has 0 spiro atoms. The monoisotopic (exact) mass is 338 g/mol. The lowest BCUT2D eigenvalue weighted by Crippen LogP contribution is -2.39. The fourth-order valence-corrected chi connectivity index (χ4v) is 3.79. The molecule has 3 heterocycles. The lowest BCUT2D eigenvalue weighted by atomic mass is 10.0. The number of nitrogens with zero attached hydrogens (tertiary/aromatic N) is 3. The molecule has 132 valence electrons. The van der Waals surface area contributed by atoms with Gasteiger partial charge in [-0.2, -0.15) is 0 Å². The van der Waals surface area contributed by atoms with E-state index in [9.17, 15) is 0 Å². The quantitative estimate of drug-likeness (QED) is 0.932. The molecule has 2 aliphatic heterocycles. The first-order chi connectivity index (χ1) is 12.3. The normalized spacial score (nSPS) is 18.5. The van der Waals surface area contributed by atoms with Crippen LogP contribution in [0, 0.1) is 6.92 Å². The summed E-state index contributed by atoms with van der Waals surface area (Å²) < 4.78 is 6.18. The highest BCUT2D eigenvalue weighted by atomic mass is 16.5. The van der Waals surface area contributed by atoms with Crippen molar-refractivity contribution in [3.05, 3.63) is 47.4 Å². The minimum Gasteiger partial charge on any atom is -0.490 e. The predicted octanol–water partition coefficient (Wildman–Crippen LogP) is 2.52. The highest BCUT2D eigenvalue weighted by Gasteiger charge is 2.25. The Morgan fingerprint density at radius 3 is 2.80 bits per heavy atom. The molecular weight excluding hydrogens is 312 g/mol.